The molecule has 2 amide bonds. The molecule has 0 aliphatic rings. The van der Waals surface area contributed by atoms with E-state index in [4.69, 9.17) is 0 Å². The fourth-order valence-electron chi connectivity index (χ4n) is 2.31. The van der Waals surface area contributed by atoms with Crippen LogP contribution in [-0.4, -0.2) is 17.8 Å². The number of carbonyl (C=O) groups excluding carboxylic acids is 3. The van der Waals surface area contributed by atoms with Crippen molar-refractivity contribution in [2.75, 3.05) is 10.6 Å². The van der Waals surface area contributed by atoms with Crippen LogP contribution in [0.15, 0.2) is 48.5 Å². The lowest BCUT2D eigenvalue weighted by molar-refractivity contribution is -0.305. The number of halogens is 3. The van der Waals surface area contributed by atoms with Gasteiger partial charge in [-0.25, -0.2) is 0 Å². The molecule has 148 valence electrons. The number of nitrogens with one attached hydrogen (secondary N) is 2. The summed E-state index contributed by atoms with van der Waals surface area (Å²) in [4.78, 5) is 34.5. The van der Waals surface area contributed by atoms with Gasteiger partial charge in [0, 0.05) is 18.0 Å². The third-order valence-corrected chi connectivity index (χ3v) is 3.71. The molecule has 0 aliphatic carbocycles. The number of rotatable bonds is 7. The maximum atomic E-state index is 12.6. The number of hydrogen-bond acceptors (Lipinski definition) is 4. The van der Waals surface area contributed by atoms with E-state index in [0.29, 0.717) is 0 Å². The zero-order valence-electron chi connectivity index (χ0n) is 14.5. The first-order valence-corrected chi connectivity index (χ1v) is 8.24. The maximum Gasteiger partial charge on any atom is 0.416 e. The van der Waals surface area contributed by atoms with Crippen LogP contribution >= 0.6 is 0 Å². The van der Waals surface area contributed by atoms with Gasteiger partial charge in [0.25, 0.3) is 5.91 Å². The van der Waals surface area contributed by atoms with Gasteiger partial charge in [0.05, 0.1) is 16.9 Å². The van der Waals surface area contributed by atoms with Crippen LogP contribution in [-0.2, 0) is 15.8 Å². The highest BCUT2D eigenvalue weighted by Crippen LogP contribution is 2.29. The van der Waals surface area contributed by atoms with E-state index in [0.717, 1.165) is 24.3 Å². The number of amides is 2. The number of aliphatic carboxylic acids is 1. The Bertz CT molecular complexity index is 864. The Labute approximate surface area is 158 Å². The summed E-state index contributed by atoms with van der Waals surface area (Å²) in [6.45, 7) is 0. The molecule has 0 radical (unpaired) electrons. The van der Waals surface area contributed by atoms with Gasteiger partial charge in [-0.15, -0.1) is 0 Å². The first-order chi connectivity index (χ1) is 13.2. The molecule has 2 rings (SSSR count). The highest BCUT2D eigenvalue weighted by molar-refractivity contribution is 6.07. The lowest BCUT2D eigenvalue weighted by atomic mass is 10.1. The zero-order valence-corrected chi connectivity index (χ0v) is 14.5. The van der Waals surface area contributed by atoms with E-state index in [9.17, 15) is 32.7 Å². The summed E-state index contributed by atoms with van der Waals surface area (Å²) in [5.74, 6) is -2.35. The Morgan fingerprint density at radius 3 is 1.96 bits per heavy atom. The minimum absolute atomic E-state index is 0.0167. The van der Waals surface area contributed by atoms with E-state index >= 15 is 0 Å². The largest absolute Gasteiger partial charge is 0.550 e. The summed E-state index contributed by atoms with van der Waals surface area (Å²) >= 11 is 0. The lowest BCUT2D eigenvalue weighted by Gasteiger charge is -2.13. The molecule has 0 saturated heterocycles. The van der Waals surface area contributed by atoms with Crippen molar-refractivity contribution in [3.63, 3.8) is 0 Å². The topological polar surface area (TPSA) is 98.3 Å². The van der Waals surface area contributed by atoms with Gasteiger partial charge in [-0.1, -0.05) is 12.1 Å². The second-order valence-electron chi connectivity index (χ2n) is 5.85. The van der Waals surface area contributed by atoms with E-state index in [-0.39, 0.29) is 36.2 Å². The Morgan fingerprint density at radius 2 is 1.43 bits per heavy atom. The number of carbonyl (C=O) groups is 3. The molecule has 28 heavy (non-hydrogen) atoms. The predicted octanol–water partition coefficient (Wildman–Crippen LogP) is 2.82. The van der Waals surface area contributed by atoms with Crippen molar-refractivity contribution in [3.8, 4) is 0 Å². The zero-order chi connectivity index (χ0) is 20.7. The van der Waals surface area contributed by atoms with Crippen LogP contribution < -0.4 is 15.7 Å². The number of hydrogen-bond donors (Lipinski definition) is 2. The van der Waals surface area contributed by atoms with Crippen LogP contribution in [0.3, 0.4) is 0 Å². The third-order valence-electron chi connectivity index (χ3n) is 3.71. The van der Waals surface area contributed by atoms with Crippen molar-refractivity contribution in [2.24, 2.45) is 0 Å². The summed E-state index contributed by atoms with van der Waals surface area (Å²) in [5, 5.41) is 15.5. The van der Waals surface area contributed by atoms with Gasteiger partial charge >= 0.3 is 6.18 Å². The van der Waals surface area contributed by atoms with Crippen LogP contribution in [0, 0.1) is 0 Å². The van der Waals surface area contributed by atoms with Gasteiger partial charge in [-0.05, 0) is 49.2 Å². The molecule has 0 saturated carbocycles. The molecule has 2 aromatic rings. The van der Waals surface area contributed by atoms with Crippen molar-refractivity contribution in [1.29, 1.82) is 0 Å². The Balaban J connectivity index is 2.05. The van der Waals surface area contributed by atoms with E-state index in [1.165, 1.54) is 12.1 Å². The van der Waals surface area contributed by atoms with Crippen LogP contribution in [0.2, 0.25) is 0 Å². The van der Waals surface area contributed by atoms with Crippen molar-refractivity contribution in [3.05, 3.63) is 59.7 Å². The van der Waals surface area contributed by atoms with Crippen molar-refractivity contribution < 1.29 is 32.7 Å². The Hall–Kier alpha value is -3.36. The van der Waals surface area contributed by atoms with E-state index in [1.54, 1.807) is 12.1 Å². The maximum absolute atomic E-state index is 12.6. The fourth-order valence-corrected chi connectivity index (χ4v) is 2.31. The van der Waals surface area contributed by atoms with E-state index < -0.39 is 29.5 Å². The fraction of sp³-hybridized carbons (Fsp3) is 0.211. The Kier molecular flexibility index (Phi) is 6.75. The van der Waals surface area contributed by atoms with Crippen molar-refractivity contribution in [2.45, 2.75) is 25.4 Å². The van der Waals surface area contributed by atoms with Crippen LogP contribution in [0.25, 0.3) is 0 Å². The molecule has 0 fully saturated rings. The quantitative estimate of drug-likeness (QED) is 0.756. The van der Waals surface area contributed by atoms with Gasteiger partial charge in [-0.3, -0.25) is 9.59 Å². The molecule has 0 aromatic heterocycles. The summed E-state index contributed by atoms with van der Waals surface area (Å²) < 4.78 is 37.8. The monoisotopic (exact) mass is 393 g/mol. The number of anilines is 2. The van der Waals surface area contributed by atoms with Gasteiger partial charge in [0.15, 0.2) is 0 Å². The van der Waals surface area contributed by atoms with Crippen LogP contribution in [0.5, 0.6) is 0 Å². The normalized spacial score (nSPS) is 11.0. The van der Waals surface area contributed by atoms with Gasteiger partial charge in [-0.2, -0.15) is 13.2 Å². The third kappa shape index (κ3) is 6.11. The first-order valence-electron chi connectivity index (χ1n) is 8.24. The molecule has 0 bridgehead atoms. The molecule has 2 N–H and O–H groups in total. The number of para-hydroxylation sites is 2. The molecule has 0 aliphatic heterocycles. The minimum Gasteiger partial charge on any atom is -0.550 e. The molecule has 0 heterocycles. The summed E-state index contributed by atoms with van der Waals surface area (Å²) in [7, 11) is 0. The Morgan fingerprint density at radius 1 is 0.857 bits per heavy atom. The molecule has 2 aromatic carbocycles. The molecule has 6 nitrogen and oxygen atoms in total. The summed E-state index contributed by atoms with van der Waals surface area (Å²) in [6.07, 6.45) is -4.69. The van der Waals surface area contributed by atoms with Gasteiger partial charge in [0.2, 0.25) is 5.91 Å². The number of carboxylic acids is 1. The molecular formula is C19H16F3N2O4-. The minimum atomic E-state index is -4.50. The van der Waals surface area contributed by atoms with E-state index in [2.05, 4.69) is 10.6 Å². The smallest absolute Gasteiger partial charge is 0.416 e. The molecule has 0 atom stereocenters. The summed E-state index contributed by atoms with van der Waals surface area (Å²) in [5.41, 5.74) is -0.321. The molecule has 0 unspecified atom stereocenters. The second kappa shape index (κ2) is 9.03. The predicted molar refractivity (Wildman–Crippen MR) is 93.3 cm³/mol. The highest BCUT2D eigenvalue weighted by Gasteiger charge is 2.30. The van der Waals surface area contributed by atoms with Crippen LogP contribution in [0.4, 0.5) is 24.5 Å². The average molecular weight is 393 g/mol. The standard InChI is InChI=1S/C19H17F3N2O4/c20-19(21,22)13-10-8-12(9-11-13)18(28)24-15-5-2-1-4-14(15)23-16(25)6-3-7-17(26)27/h1-2,4-5,8-11H,3,6-7H2,(H,23,25)(H,24,28)(H,26,27)/p-1. The SMILES string of the molecule is O=C([O-])CCCC(=O)Nc1ccccc1NC(=O)c1ccc(C(F)(F)F)cc1. The van der Waals surface area contributed by atoms with Gasteiger partial charge in [0.1, 0.15) is 0 Å². The van der Waals surface area contributed by atoms with Crippen molar-refractivity contribution >= 4 is 29.2 Å². The van der Waals surface area contributed by atoms with E-state index in [1.807, 2.05) is 0 Å². The van der Waals surface area contributed by atoms with Crippen LogP contribution in [0.1, 0.15) is 35.2 Å². The molecule has 9 heteroatoms. The van der Waals surface area contributed by atoms with Gasteiger partial charge < -0.3 is 20.5 Å². The molecular weight excluding hydrogens is 377 g/mol. The van der Waals surface area contributed by atoms with Crippen molar-refractivity contribution in [1.82, 2.24) is 0 Å². The summed E-state index contributed by atoms with van der Waals surface area (Å²) in [6, 6.07) is 9.98. The number of alkyl halides is 3. The number of carboxylic acid groups (broad SMARTS) is 1. The highest BCUT2D eigenvalue weighted by atomic mass is 19.4. The first kappa shape index (κ1) is 20.9. The second-order valence-corrected chi connectivity index (χ2v) is 5.85. The average Bonchev–Trinajstić information content (AvgIpc) is 2.62. The number of benzene rings is 2. The molecule has 0 spiro atoms. The lowest BCUT2D eigenvalue weighted by Crippen LogP contribution is -2.22.